The maximum atomic E-state index is 5.08. The fourth-order valence-electron chi connectivity index (χ4n) is 1.61. The van der Waals surface area contributed by atoms with Gasteiger partial charge in [0.15, 0.2) is 0 Å². The summed E-state index contributed by atoms with van der Waals surface area (Å²) in [5, 5.41) is 0. The molecule has 0 unspecified atom stereocenters. The number of nitrogens with zero attached hydrogens (tertiary/aromatic N) is 1. The van der Waals surface area contributed by atoms with Crippen LogP contribution in [0.2, 0.25) is 0 Å². The van der Waals surface area contributed by atoms with Crippen molar-refractivity contribution in [3.05, 3.63) is 35.4 Å². The van der Waals surface area contributed by atoms with Gasteiger partial charge in [-0.1, -0.05) is 58.4 Å². The molecule has 0 heterocycles. The number of hydrogen-bond acceptors (Lipinski definition) is 2. The molecule has 0 radical (unpaired) electrons. The Morgan fingerprint density at radius 3 is 1.72 bits per heavy atom. The van der Waals surface area contributed by atoms with Crippen molar-refractivity contribution in [1.29, 1.82) is 0 Å². The van der Waals surface area contributed by atoms with Crippen LogP contribution in [0.4, 0.5) is 0 Å². The van der Waals surface area contributed by atoms with E-state index in [0.717, 1.165) is 19.6 Å². The van der Waals surface area contributed by atoms with Crippen LogP contribution < -0.4 is 0 Å². The van der Waals surface area contributed by atoms with Crippen LogP contribution in [-0.2, 0) is 17.9 Å². The molecule has 0 saturated heterocycles. The average Bonchev–Trinajstić information content (AvgIpc) is 2.39. The first-order valence-electron chi connectivity index (χ1n) is 7.00. The second-order valence-electron chi connectivity index (χ2n) is 4.42. The summed E-state index contributed by atoms with van der Waals surface area (Å²) in [6.45, 7) is 12.6. The summed E-state index contributed by atoms with van der Waals surface area (Å²) in [7, 11) is 1.73. The highest BCUT2D eigenvalue weighted by Gasteiger charge is 2.00. The second kappa shape index (κ2) is 11.2. The van der Waals surface area contributed by atoms with Crippen LogP contribution in [0.5, 0.6) is 0 Å². The van der Waals surface area contributed by atoms with Gasteiger partial charge in [-0.15, -0.1) is 0 Å². The van der Waals surface area contributed by atoms with Crippen molar-refractivity contribution < 1.29 is 4.74 Å². The molecule has 0 aliphatic rings. The van der Waals surface area contributed by atoms with Gasteiger partial charge in [0.05, 0.1) is 6.61 Å². The molecule has 104 valence electrons. The van der Waals surface area contributed by atoms with E-state index in [0.29, 0.717) is 6.61 Å². The summed E-state index contributed by atoms with van der Waals surface area (Å²) in [5.41, 5.74) is 2.61. The molecular formula is C16H29NO. The van der Waals surface area contributed by atoms with Gasteiger partial charge in [-0.25, -0.2) is 0 Å². The Labute approximate surface area is 113 Å². The van der Waals surface area contributed by atoms with E-state index in [2.05, 4.69) is 56.9 Å². The van der Waals surface area contributed by atoms with E-state index in [1.807, 2.05) is 0 Å². The Hall–Kier alpha value is -0.860. The highest BCUT2D eigenvalue weighted by molar-refractivity contribution is 5.21. The Bertz CT molecular complexity index is 278. The quantitative estimate of drug-likeness (QED) is 0.755. The van der Waals surface area contributed by atoms with E-state index < -0.39 is 0 Å². The van der Waals surface area contributed by atoms with Crippen LogP contribution in [0.1, 0.15) is 45.2 Å². The van der Waals surface area contributed by atoms with Crippen molar-refractivity contribution in [2.45, 2.75) is 47.3 Å². The largest absolute Gasteiger partial charge is 0.380 e. The summed E-state index contributed by atoms with van der Waals surface area (Å²) < 4.78 is 5.08. The summed E-state index contributed by atoms with van der Waals surface area (Å²) in [4.78, 5) is 2.41. The van der Waals surface area contributed by atoms with Gasteiger partial charge in [-0.2, -0.15) is 0 Å². The smallest absolute Gasteiger partial charge is 0.0713 e. The van der Waals surface area contributed by atoms with Crippen molar-refractivity contribution in [1.82, 2.24) is 4.90 Å². The second-order valence-corrected chi connectivity index (χ2v) is 4.42. The normalized spacial score (nSPS) is 10.1. The minimum atomic E-state index is 0.700. The molecule has 0 fully saturated rings. The summed E-state index contributed by atoms with van der Waals surface area (Å²) in [6, 6.07) is 8.66. The zero-order chi connectivity index (χ0) is 13.8. The molecule has 1 aromatic carbocycles. The van der Waals surface area contributed by atoms with Crippen LogP contribution in [0.15, 0.2) is 24.3 Å². The van der Waals surface area contributed by atoms with E-state index >= 15 is 0 Å². The van der Waals surface area contributed by atoms with Crippen LogP contribution >= 0.6 is 0 Å². The van der Waals surface area contributed by atoms with Crippen molar-refractivity contribution in [2.24, 2.45) is 0 Å². The SMILES string of the molecule is CCC.CCN(CC)Cc1ccc(COC)cc1. The van der Waals surface area contributed by atoms with Crippen LogP contribution in [0.25, 0.3) is 0 Å². The number of benzene rings is 1. The Morgan fingerprint density at radius 2 is 1.33 bits per heavy atom. The van der Waals surface area contributed by atoms with Gasteiger partial charge in [0.25, 0.3) is 0 Å². The topological polar surface area (TPSA) is 12.5 Å². The van der Waals surface area contributed by atoms with Gasteiger partial charge in [0.1, 0.15) is 0 Å². The fourth-order valence-corrected chi connectivity index (χ4v) is 1.61. The fraction of sp³-hybridized carbons (Fsp3) is 0.625. The highest BCUT2D eigenvalue weighted by atomic mass is 16.5. The molecule has 0 atom stereocenters. The molecule has 0 bridgehead atoms. The van der Waals surface area contributed by atoms with Crippen LogP contribution in [-0.4, -0.2) is 25.1 Å². The van der Waals surface area contributed by atoms with E-state index in [4.69, 9.17) is 4.74 Å². The van der Waals surface area contributed by atoms with E-state index in [-0.39, 0.29) is 0 Å². The Morgan fingerprint density at radius 1 is 0.889 bits per heavy atom. The van der Waals surface area contributed by atoms with Crippen LogP contribution in [0, 0.1) is 0 Å². The monoisotopic (exact) mass is 251 g/mol. The first kappa shape index (κ1) is 17.1. The van der Waals surface area contributed by atoms with Gasteiger partial charge in [-0.05, 0) is 24.2 Å². The molecule has 1 aromatic rings. The Kier molecular flexibility index (Phi) is 10.7. The third-order valence-corrected chi connectivity index (χ3v) is 2.63. The van der Waals surface area contributed by atoms with E-state index in [1.54, 1.807) is 7.11 Å². The lowest BCUT2D eigenvalue weighted by Gasteiger charge is -2.17. The third-order valence-electron chi connectivity index (χ3n) is 2.63. The molecule has 0 amide bonds. The molecule has 0 aromatic heterocycles. The maximum absolute atomic E-state index is 5.08. The van der Waals surface area contributed by atoms with Gasteiger partial charge in [0, 0.05) is 13.7 Å². The predicted octanol–water partition coefficient (Wildman–Crippen LogP) is 4.09. The summed E-state index contributed by atoms with van der Waals surface area (Å²) in [6.07, 6.45) is 1.25. The van der Waals surface area contributed by atoms with E-state index in [1.165, 1.54) is 17.5 Å². The minimum Gasteiger partial charge on any atom is -0.380 e. The first-order chi connectivity index (χ1) is 8.71. The Balaban J connectivity index is 0.000000873. The lowest BCUT2D eigenvalue weighted by atomic mass is 10.1. The molecule has 2 nitrogen and oxygen atoms in total. The standard InChI is InChI=1S/C13H21NO.C3H8/c1-4-14(5-2)10-12-6-8-13(9-7-12)11-15-3;1-3-2/h6-9H,4-5,10-11H2,1-3H3;3H2,1-2H3. The zero-order valence-electron chi connectivity index (χ0n) is 12.7. The molecule has 0 N–H and O–H groups in total. The molecule has 2 heteroatoms. The predicted molar refractivity (Wildman–Crippen MR) is 79.7 cm³/mol. The lowest BCUT2D eigenvalue weighted by molar-refractivity contribution is 0.185. The van der Waals surface area contributed by atoms with Crippen molar-refractivity contribution in [3.63, 3.8) is 0 Å². The molecule has 18 heavy (non-hydrogen) atoms. The molecule has 1 rings (SSSR count). The number of hydrogen-bond donors (Lipinski definition) is 0. The van der Waals surface area contributed by atoms with Gasteiger partial charge in [0.2, 0.25) is 0 Å². The van der Waals surface area contributed by atoms with Crippen LogP contribution in [0.3, 0.4) is 0 Å². The highest BCUT2D eigenvalue weighted by Crippen LogP contribution is 2.08. The molecule has 0 saturated carbocycles. The summed E-state index contributed by atoms with van der Waals surface area (Å²) >= 11 is 0. The third kappa shape index (κ3) is 7.46. The molecule has 0 aliphatic heterocycles. The molecular weight excluding hydrogens is 222 g/mol. The maximum Gasteiger partial charge on any atom is 0.0713 e. The minimum absolute atomic E-state index is 0.700. The average molecular weight is 251 g/mol. The number of rotatable bonds is 6. The lowest BCUT2D eigenvalue weighted by Crippen LogP contribution is -2.22. The number of ether oxygens (including phenoxy) is 1. The van der Waals surface area contributed by atoms with Gasteiger partial charge >= 0.3 is 0 Å². The van der Waals surface area contributed by atoms with Crippen molar-refractivity contribution in [2.75, 3.05) is 20.2 Å². The zero-order valence-corrected chi connectivity index (χ0v) is 12.7. The first-order valence-corrected chi connectivity index (χ1v) is 7.00. The van der Waals surface area contributed by atoms with Gasteiger partial charge in [-0.3, -0.25) is 4.90 Å². The van der Waals surface area contributed by atoms with Gasteiger partial charge < -0.3 is 4.74 Å². The number of methoxy groups -OCH3 is 1. The van der Waals surface area contributed by atoms with Crippen molar-refractivity contribution >= 4 is 0 Å². The van der Waals surface area contributed by atoms with Crippen molar-refractivity contribution in [3.8, 4) is 0 Å². The summed E-state index contributed by atoms with van der Waals surface area (Å²) in [5.74, 6) is 0. The van der Waals surface area contributed by atoms with E-state index in [9.17, 15) is 0 Å². The molecule has 0 spiro atoms. The molecule has 0 aliphatic carbocycles.